The van der Waals surface area contributed by atoms with E-state index >= 15 is 0 Å². The van der Waals surface area contributed by atoms with Crippen molar-refractivity contribution < 1.29 is 26.4 Å². The highest BCUT2D eigenvalue weighted by atomic mass is 32.2. The molecule has 0 aromatic heterocycles. The second-order valence-electron chi connectivity index (χ2n) is 5.33. The van der Waals surface area contributed by atoms with Crippen LogP contribution in [0.25, 0.3) is 0 Å². The molecule has 0 atom stereocenters. The summed E-state index contributed by atoms with van der Waals surface area (Å²) in [6, 6.07) is 6.64. The Bertz CT molecular complexity index is 912. The lowest BCUT2D eigenvalue weighted by atomic mass is 10.2. The molecule has 9 heteroatoms. The number of anilines is 1. The molecule has 0 heterocycles. The highest BCUT2D eigenvalue weighted by Gasteiger charge is 2.24. The fourth-order valence-corrected chi connectivity index (χ4v) is 3.43. The molecule has 5 nitrogen and oxygen atoms in total. The molecule has 1 N–H and O–H groups in total. The van der Waals surface area contributed by atoms with E-state index in [-0.39, 0.29) is 11.6 Å². The largest absolute Gasteiger partial charge is 0.339 e. The third kappa shape index (κ3) is 3.98. The Morgan fingerprint density at radius 3 is 2.08 bits per heavy atom. The van der Waals surface area contributed by atoms with E-state index in [2.05, 4.69) is 4.72 Å². The predicted octanol–water partition coefficient (Wildman–Crippen LogP) is 3.39. The van der Waals surface area contributed by atoms with Crippen molar-refractivity contribution in [1.29, 1.82) is 0 Å². The van der Waals surface area contributed by atoms with Crippen LogP contribution in [-0.2, 0) is 10.0 Å². The van der Waals surface area contributed by atoms with Crippen molar-refractivity contribution >= 4 is 21.6 Å². The van der Waals surface area contributed by atoms with Crippen molar-refractivity contribution in [1.82, 2.24) is 4.90 Å². The molecule has 0 spiro atoms. The molecule has 0 radical (unpaired) electrons. The van der Waals surface area contributed by atoms with Crippen LogP contribution in [0, 0.1) is 17.5 Å². The van der Waals surface area contributed by atoms with Crippen molar-refractivity contribution in [3.05, 3.63) is 59.4 Å². The van der Waals surface area contributed by atoms with Crippen LogP contribution in [0.4, 0.5) is 18.9 Å². The maximum Gasteiger partial charge on any atom is 0.264 e. The normalized spacial score (nSPS) is 11.3. The molecule has 0 aliphatic carbocycles. The summed E-state index contributed by atoms with van der Waals surface area (Å²) in [5, 5.41) is 0. The predicted molar refractivity (Wildman–Crippen MR) is 90.8 cm³/mol. The van der Waals surface area contributed by atoms with E-state index in [1.54, 1.807) is 4.90 Å². The fourth-order valence-electron chi connectivity index (χ4n) is 2.30. The lowest BCUT2D eigenvalue weighted by Crippen LogP contribution is -2.30. The molecule has 0 fully saturated rings. The van der Waals surface area contributed by atoms with Crippen LogP contribution in [0.1, 0.15) is 24.2 Å². The summed E-state index contributed by atoms with van der Waals surface area (Å²) in [7, 11) is -4.47. The number of amides is 1. The Morgan fingerprint density at radius 1 is 0.962 bits per heavy atom. The molecule has 0 saturated heterocycles. The highest BCUT2D eigenvalue weighted by Crippen LogP contribution is 2.22. The molecule has 0 saturated carbocycles. The monoisotopic (exact) mass is 386 g/mol. The Balaban J connectivity index is 2.26. The van der Waals surface area contributed by atoms with Gasteiger partial charge in [0.05, 0.1) is 0 Å². The Morgan fingerprint density at radius 2 is 1.54 bits per heavy atom. The van der Waals surface area contributed by atoms with Crippen LogP contribution in [0.3, 0.4) is 0 Å². The number of nitrogens with zero attached hydrogens (tertiary/aromatic N) is 1. The molecule has 26 heavy (non-hydrogen) atoms. The minimum atomic E-state index is -4.47. The number of nitrogens with one attached hydrogen (secondary N) is 1. The molecule has 1 amide bonds. The summed E-state index contributed by atoms with van der Waals surface area (Å²) < 4.78 is 66.4. The van der Waals surface area contributed by atoms with Gasteiger partial charge in [0.1, 0.15) is 4.90 Å². The molecule has 2 rings (SSSR count). The SMILES string of the molecule is CCN(CC)C(=O)c1ccc(NS(=O)(=O)c2ccc(F)c(F)c2F)cc1. The smallest absolute Gasteiger partial charge is 0.264 e. The topological polar surface area (TPSA) is 66.5 Å². The van der Waals surface area contributed by atoms with Crippen molar-refractivity contribution in [2.75, 3.05) is 17.8 Å². The quantitative estimate of drug-likeness (QED) is 0.774. The molecule has 0 unspecified atom stereocenters. The summed E-state index contributed by atoms with van der Waals surface area (Å²) in [4.78, 5) is 12.8. The van der Waals surface area contributed by atoms with Crippen molar-refractivity contribution in [3.63, 3.8) is 0 Å². The molecule has 2 aromatic rings. The molecule has 2 aromatic carbocycles. The second kappa shape index (κ2) is 7.77. The van der Waals surface area contributed by atoms with E-state index in [0.29, 0.717) is 30.8 Å². The van der Waals surface area contributed by atoms with Gasteiger partial charge in [-0.05, 0) is 50.2 Å². The first-order valence-electron chi connectivity index (χ1n) is 7.76. The van der Waals surface area contributed by atoms with Crippen LogP contribution < -0.4 is 4.72 Å². The summed E-state index contributed by atoms with van der Waals surface area (Å²) in [5.74, 6) is -5.37. The maximum absolute atomic E-state index is 13.7. The standard InChI is InChI=1S/C17H17F3N2O3S/c1-3-22(4-2)17(23)11-5-7-12(8-6-11)21-26(24,25)14-10-9-13(18)15(19)16(14)20/h5-10,21H,3-4H2,1-2H3. The van der Waals surface area contributed by atoms with Crippen molar-refractivity contribution in [3.8, 4) is 0 Å². The lowest BCUT2D eigenvalue weighted by Gasteiger charge is -2.18. The van der Waals surface area contributed by atoms with Gasteiger partial charge in [0.15, 0.2) is 17.5 Å². The van der Waals surface area contributed by atoms with Gasteiger partial charge in [-0.1, -0.05) is 0 Å². The van der Waals surface area contributed by atoms with Crippen LogP contribution in [0.5, 0.6) is 0 Å². The number of carbonyl (C=O) groups excluding carboxylic acids is 1. The summed E-state index contributed by atoms with van der Waals surface area (Å²) in [6.45, 7) is 4.72. The van der Waals surface area contributed by atoms with Crippen LogP contribution in [0.2, 0.25) is 0 Å². The summed E-state index contributed by atoms with van der Waals surface area (Å²) in [6.07, 6.45) is 0. The summed E-state index contributed by atoms with van der Waals surface area (Å²) >= 11 is 0. The second-order valence-corrected chi connectivity index (χ2v) is 6.98. The Hall–Kier alpha value is -2.55. The maximum atomic E-state index is 13.7. The average Bonchev–Trinajstić information content (AvgIpc) is 2.60. The van der Waals surface area contributed by atoms with Crippen molar-refractivity contribution in [2.24, 2.45) is 0 Å². The Labute approximate surface area is 149 Å². The van der Waals surface area contributed by atoms with Crippen molar-refractivity contribution in [2.45, 2.75) is 18.7 Å². The van der Waals surface area contributed by atoms with E-state index < -0.39 is 32.4 Å². The zero-order valence-corrected chi connectivity index (χ0v) is 14.9. The first kappa shape index (κ1) is 19.8. The first-order valence-corrected chi connectivity index (χ1v) is 9.25. The molecule has 0 aliphatic heterocycles. The van der Waals surface area contributed by atoms with Crippen LogP contribution >= 0.6 is 0 Å². The number of hydrogen-bond donors (Lipinski definition) is 1. The molecular weight excluding hydrogens is 369 g/mol. The zero-order valence-electron chi connectivity index (χ0n) is 14.1. The Kier molecular flexibility index (Phi) is 5.91. The number of rotatable bonds is 6. The van der Waals surface area contributed by atoms with Gasteiger partial charge >= 0.3 is 0 Å². The van der Waals surface area contributed by atoms with Crippen LogP contribution in [0.15, 0.2) is 41.3 Å². The lowest BCUT2D eigenvalue weighted by molar-refractivity contribution is 0.0773. The minimum absolute atomic E-state index is 0.0465. The number of hydrogen-bond acceptors (Lipinski definition) is 3. The van der Waals surface area contributed by atoms with Gasteiger partial charge in [-0.2, -0.15) is 0 Å². The molecule has 140 valence electrons. The van der Waals surface area contributed by atoms with E-state index in [4.69, 9.17) is 0 Å². The van der Waals surface area contributed by atoms with Gasteiger partial charge in [-0.15, -0.1) is 0 Å². The average molecular weight is 386 g/mol. The van der Waals surface area contributed by atoms with E-state index in [1.165, 1.54) is 24.3 Å². The number of halogens is 3. The number of sulfonamides is 1. The minimum Gasteiger partial charge on any atom is -0.339 e. The van der Waals surface area contributed by atoms with Gasteiger partial charge in [0.2, 0.25) is 0 Å². The highest BCUT2D eigenvalue weighted by molar-refractivity contribution is 7.92. The van der Waals surface area contributed by atoms with E-state index in [9.17, 15) is 26.4 Å². The number of benzene rings is 2. The van der Waals surface area contributed by atoms with Gasteiger partial charge in [0.25, 0.3) is 15.9 Å². The molecular formula is C17H17F3N2O3S. The number of carbonyl (C=O) groups is 1. The molecule has 0 bridgehead atoms. The van der Waals surface area contributed by atoms with E-state index in [1.807, 2.05) is 13.8 Å². The first-order chi connectivity index (χ1) is 12.2. The fraction of sp³-hybridized carbons (Fsp3) is 0.235. The summed E-state index contributed by atoms with van der Waals surface area (Å²) in [5.41, 5.74) is 0.404. The van der Waals surface area contributed by atoms with Gasteiger partial charge in [-0.25, -0.2) is 21.6 Å². The molecule has 0 aliphatic rings. The third-order valence-electron chi connectivity index (χ3n) is 3.72. The zero-order chi connectivity index (χ0) is 19.5. The third-order valence-corrected chi connectivity index (χ3v) is 5.12. The van der Waals surface area contributed by atoms with Gasteiger partial charge in [0, 0.05) is 24.3 Å². The van der Waals surface area contributed by atoms with Gasteiger partial charge < -0.3 is 4.90 Å². The van der Waals surface area contributed by atoms with Crippen LogP contribution in [-0.4, -0.2) is 32.3 Å². The van der Waals surface area contributed by atoms with Gasteiger partial charge in [-0.3, -0.25) is 9.52 Å². The van der Waals surface area contributed by atoms with E-state index in [0.717, 1.165) is 0 Å².